The summed E-state index contributed by atoms with van der Waals surface area (Å²) in [7, 11) is 0. The van der Waals surface area contributed by atoms with Crippen LogP contribution in [0.3, 0.4) is 0 Å². The van der Waals surface area contributed by atoms with Crippen LogP contribution in [0.15, 0.2) is 66.9 Å². The lowest BCUT2D eigenvalue weighted by Crippen LogP contribution is -2.35. The monoisotopic (exact) mass is 501 g/mol. The third kappa shape index (κ3) is 6.29. The van der Waals surface area contributed by atoms with Gasteiger partial charge in [0.05, 0.1) is 17.4 Å². The highest BCUT2D eigenvalue weighted by Gasteiger charge is 2.30. The Morgan fingerprint density at radius 3 is 2.36 bits per heavy atom. The third-order valence-corrected chi connectivity index (χ3v) is 5.63. The Hall–Kier alpha value is -4.15. The molecule has 188 valence electrons. The molecule has 0 spiro atoms. The van der Waals surface area contributed by atoms with E-state index in [9.17, 15) is 27.2 Å². The Kier molecular flexibility index (Phi) is 7.37. The average molecular weight is 501 g/mol. The molecule has 0 radical (unpaired) electrons. The molecule has 3 amide bonds. The van der Waals surface area contributed by atoms with Gasteiger partial charge in [0.2, 0.25) is 0 Å². The van der Waals surface area contributed by atoms with Crippen LogP contribution in [0.1, 0.15) is 22.3 Å². The van der Waals surface area contributed by atoms with Gasteiger partial charge < -0.3 is 20.4 Å². The molecule has 7 nitrogen and oxygen atoms in total. The molecule has 1 aliphatic heterocycles. The van der Waals surface area contributed by atoms with Crippen LogP contribution < -0.4 is 15.5 Å². The predicted molar refractivity (Wildman–Crippen MR) is 127 cm³/mol. The number of benzene rings is 2. The minimum Gasteiger partial charge on any atom is -0.355 e. The first-order valence-electron chi connectivity index (χ1n) is 11.2. The van der Waals surface area contributed by atoms with E-state index in [-0.39, 0.29) is 11.6 Å². The van der Waals surface area contributed by atoms with Gasteiger partial charge in [-0.05, 0) is 55.0 Å². The number of halogens is 4. The van der Waals surface area contributed by atoms with Crippen molar-refractivity contribution in [2.75, 3.05) is 41.7 Å². The summed E-state index contributed by atoms with van der Waals surface area (Å²) in [5, 5.41) is 4.91. The summed E-state index contributed by atoms with van der Waals surface area (Å²) in [5.74, 6) is -0.0340. The van der Waals surface area contributed by atoms with E-state index in [1.807, 2.05) is 4.90 Å². The van der Waals surface area contributed by atoms with Crippen molar-refractivity contribution < 1.29 is 27.2 Å². The van der Waals surface area contributed by atoms with E-state index in [4.69, 9.17) is 0 Å². The lowest BCUT2D eigenvalue weighted by molar-refractivity contribution is -0.137. The van der Waals surface area contributed by atoms with Crippen molar-refractivity contribution in [3.63, 3.8) is 0 Å². The van der Waals surface area contributed by atoms with Crippen LogP contribution in [-0.2, 0) is 6.18 Å². The number of carbonyl (C=O) groups is 2. The van der Waals surface area contributed by atoms with Crippen LogP contribution in [0, 0.1) is 5.82 Å². The Bertz CT molecular complexity index is 1230. The number of nitrogens with zero attached hydrogens (tertiary/aromatic N) is 3. The summed E-state index contributed by atoms with van der Waals surface area (Å²) in [4.78, 5) is 33.0. The third-order valence-electron chi connectivity index (χ3n) is 5.63. The molecule has 1 fully saturated rings. The summed E-state index contributed by atoms with van der Waals surface area (Å²) >= 11 is 0. The molecule has 1 aliphatic rings. The van der Waals surface area contributed by atoms with E-state index in [1.165, 1.54) is 36.5 Å². The largest absolute Gasteiger partial charge is 0.416 e. The molecule has 11 heteroatoms. The molecule has 0 atom stereocenters. The molecule has 2 aromatic carbocycles. The highest BCUT2D eigenvalue weighted by atomic mass is 19.4. The molecule has 1 aromatic heterocycles. The van der Waals surface area contributed by atoms with Gasteiger partial charge in [-0.25, -0.2) is 14.2 Å². The highest BCUT2D eigenvalue weighted by Crippen LogP contribution is 2.30. The SMILES string of the molecule is O=C(Nc1ccc(N2CCCN(C(=O)c3cccc(F)c3)CC2)nc1)Nc1cccc(C(F)(F)F)c1. The van der Waals surface area contributed by atoms with E-state index in [1.54, 1.807) is 23.1 Å². The fraction of sp³-hybridized carbons (Fsp3) is 0.240. The van der Waals surface area contributed by atoms with Gasteiger partial charge in [0.15, 0.2) is 0 Å². The number of alkyl halides is 3. The number of carbonyl (C=O) groups excluding carboxylic acids is 2. The van der Waals surface area contributed by atoms with E-state index >= 15 is 0 Å². The summed E-state index contributed by atoms with van der Waals surface area (Å²) < 4.78 is 52.0. The van der Waals surface area contributed by atoms with Crippen molar-refractivity contribution in [1.82, 2.24) is 9.88 Å². The molecule has 0 aliphatic carbocycles. The van der Waals surface area contributed by atoms with Crippen LogP contribution in [0.4, 0.5) is 39.5 Å². The second-order valence-electron chi connectivity index (χ2n) is 8.21. The number of aromatic nitrogens is 1. The zero-order chi connectivity index (χ0) is 25.7. The smallest absolute Gasteiger partial charge is 0.355 e. The Morgan fingerprint density at radius 1 is 0.861 bits per heavy atom. The number of hydrogen-bond acceptors (Lipinski definition) is 4. The van der Waals surface area contributed by atoms with E-state index in [0.29, 0.717) is 49.7 Å². The van der Waals surface area contributed by atoms with Crippen LogP contribution in [0.2, 0.25) is 0 Å². The quantitative estimate of drug-likeness (QED) is 0.480. The fourth-order valence-electron chi connectivity index (χ4n) is 3.87. The van der Waals surface area contributed by atoms with Crippen LogP contribution in [-0.4, -0.2) is 48.0 Å². The lowest BCUT2D eigenvalue weighted by Gasteiger charge is -2.23. The first-order valence-corrected chi connectivity index (χ1v) is 11.2. The van der Waals surface area contributed by atoms with Gasteiger partial charge in [-0.1, -0.05) is 12.1 Å². The standard InChI is InChI=1S/C25H23F4N5O2/c26-19-6-1-4-17(14-19)23(35)34-11-3-10-33(12-13-34)22-9-8-21(16-30-22)32-24(36)31-20-7-2-5-18(15-20)25(27,28)29/h1-2,4-9,14-16H,3,10-13H2,(H2,31,32,36). The van der Waals surface area contributed by atoms with Crippen molar-refractivity contribution in [3.05, 3.63) is 83.8 Å². The summed E-state index contributed by atoms with van der Waals surface area (Å²) in [6, 6.07) is 12.6. The number of nitrogens with one attached hydrogen (secondary N) is 2. The van der Waals surface area contributed by atoms with Crippen molar-refractivity contribution in [3.8, 4) is 0 Å². The molecule has 0 saturated carbocycles. The Balaban J connectivity index is 1.33. The van der Waals surface area contributed by atoms with Crippen molar-refractivity contribution in [2.45, 2.75) is 12.6 Å². The van der Waals surface area contributed by atoms with Crippen molar-refractivity contribution in [2.24, 2.45) is 0 Å². The second kappa shape index (κ2) is 10.6. The fourth-order valence-corrected chi connectivity index (χ4v) is 3.87. The molecule has 1 saturated heterocycles. The molecular formula is C25H23F4N5O2. The summed E-state index contributed by atoms with van der Waals surface area (Å²) in [6.07, 6.45) is -2.37. The van der Waals surface area contributed by atoms with E-state index in [2.05, 4.69) is 15.6 Å². The topological polar surface area (TPSA) is 77.6 Å². The average Bonchev–Trinajstić information content (AvgIpc) is 3.10. The van der Waals surface area contributed by atoms with Crippen LogP contribution >= 0.6 is 0 Å². The molecule has 3 aromatic rings. The maximum absolute atomic E-state index is 13.5. The van der Waals surface area contributed by atoms with E-state index in [0.717, 1.165) is 12.1 Å². The number of hydrogen-bond donors (Lipinski definition) is 2. The normalized spacial score (nSPS) is 14.2. The van der Waals surface area contributed by atoms with Gasteiger partial charge in [0, 0.05) is 37.4 Å². The Labute approximate surface area is 204 Å². The van der Waals surface area contributed by atoms with Gasteiger partial charge in [-0.2, -0.15) is 13.2 Å². The van der Waals surface area contributed by atoms with Gasteiger partial charge in [0.25, 0.3) is 5.91 Å². The first kappa shape index (κ1) is 25.0. The minimum absolute atomic E-state index is 0.00816. The predicted octanol–water partition coefficient (Wildman–Crippen LogP) is 5.24. The zero-order valence-electron chi connectivity index (χ0n) is 19.1. The number of urea groups is 1. The van der Waals surface area contributed by atoms with Gasteiger partial charge in [-0.15, -0.1) is 0 Å². The second-order valence-corrected chi connectivity index (χ2v) is 8.21. The minimum atomic E-state index is -4.51. The molecule has 4 rings (SSSR count). The van der Waals surface area contributed by atoms with Crippen molar-refractivity contribution in [1.29, 1.82) is 0 Å². The van der Waals surface area contributed by atoms with Gasteiger partial charge in [-0.3, -0.25) is 4.79 Å². The Morgan fingerprint density at radius 2 is 1.64 bits per heavy atom. The first-order chi connectivity index (χ1) is 17.2. The lowest BCUT2D eigenvalue weighted by atomic mass is 10.2. The molecule has 2 N–H and O–H groups in total. The van der Waals surface area contributed by atoms with Gasteiger partial charge in [0.1, 0.15) is 11.6 Å². The van der Waals surface area contributed by atoms with Crippen LogP contribution in [0.25, 0.3) is 0 Å². The maximum atomic E-state index is 13.5. The highest BCUT2D eigenvalue weighted by molar-refractivity contribution is 5.99. The molecule has 0 unspecified atom stereocenters. The van der Waals surface area contributed by atoms with Gasteiger partial charge >= 0.3 is 12.2 Å². The molecule has 2 heterocycles. The number of pyridine rings is 1. The summed E-state index contributed by atoms with van der Waals surface area (Å²) in [6.45, 7) is 2.15. The number of rotatable bonds is 4. The molecule has 36 heavy (non-hydrogen) atoms. The summed E-state index contributed by atoms with van der Waals surface area (Å²) in [5.41, 5.74) is -0.185. The molecule has 0 bridgehead atoms. The number of amides is 3. The van der Waals surface area contributed by atoms with Crippen molar-refractivity contribution >= 4 is 29.1 Å². The van der Waals surface area contributed by atoms with E-state index < -0.39 is 23.6 Å². The zero-order valence-corrected chi connectivity index (χ0v) is 19.1. The molecular weight excluding hydrogens is 478 g/mol. The van der Waals surface area contributed by atoms with Crippen LogP contribution in [0.5, 0.6) is 0 Å². The number of anilines is 3. The maximum Gasteiger partial charge on any atom is 0.416 e.